The van der Waals surface area contributed by atoms with Crippen LogP contribution in [0.25, 0.3) is 0 Å². The van der Waals surface area contributed by atoms with Gasteiger partial charge in [0.1, 0.15) is 5.75 Å². The van der Waals surface area contributed by atoms with Crippen LogP contribution in [0.2, 0.25) is 0 Å². The summed E-state index contributed by atoms with van der Waals surface area (Å²) in [7, 11) is 3.27. The van der Waals surface area contributed by atoms with Gasteiger partial charge >= 0.3 is 0 Å². The SMILES string of the molecule is COc1ccc(CN(C)C(=O)[C@]2(O)CCCN(C(C)=O)C2)cc1. The van der Waals surface area contributed by atoms with Crippen LogP contribution in [0.3, 0.4) is 0 Å². The Morgan fingerprint density at radius 3 is 2.57 bits per heavy atom. The minimum Gasteiger partial charge on any atom is -0.497 e. The second-order valence-corrected chi connectivity index (χ2v) is 6.09. The van der Waals surface area contributed by atoms with E-state index in [0.717, 1.165) is 11.3 Å². The highest BCUT2D eigenvalue weighted by Crippen LogP contribution is 2.24. The van der Waals surface area contributed by atoms with Gasteiger partial charge in [-0.05, 0) is 30.5 Å². The molecule has 1 aliphatic rings. The molecule has 1 fully saturated rings. The number of likely N-dealkylation sites (tertiary alicyclic amines) is 1. The van der Waals surface area contributed by atoms with Crippen molar-refractivity contribution in [2.45, 2.75) is 31.9 Å². The van der Waals surface area contributed by atoms with Crippen LogP contribution in [0.15, 0.2) is 24.3 Å². The van der Waals surface area contributed by atoms with E-state index >= 15 is 0 Å². The summed E-state index contributed by atoms with van der Waals surface area (Å²) in [6.07, 6.45) is 1.00. The highest BCUT2D eigenvalue weighted by atomic mass is 16.5. The maximum Gasteiger partial charge on any atom is 0.256 e. The second-order valence-electron chi connectivity index (χ2n) is 6.09. The van der Waals surface area contributed by atoms with Crippen molar-refractivity contribution >= 4 is 11.8 Å². The summed E-state index contributed by atoms with van der Waals surface area (Å²) in [5.41, 5.74) is -0.546. The molecule has 1 aromatic carbocycles. The molecular weight excluding hydrogens is 296 g/mol. The van der Waals surface area contributed by atoms with Crippen molar-refractivity contribution in [3.8, 4) is 5.75 Å². The lowest BCUT2D eigenvalue weighted by atomic mass is 9.91. The minimum atomic E-state index is -1.49. The summed E-state index contributed by atoms with van der Waals surface area (Å²) in [6.45, 7) is 2.50. The molecule has 6 heteroatoms. The molecular formula is C17H24N2O4. The molecule has 6 nitrogen and oxygen atoms in total. The van der Waals surface area contributed by atoms with Gasteiger partial charge in [0.25, 0.3) is 5.91 Å². The highest BCUT2D eigenvalue weighted by molar-refractivity contribution is 5.86. The van der Waals surface area contributed by atoms with E-state index in [1.807, 2.05) is 24.3 Å². The average molecular weight is 320 g/mol. The molecule has 2 amide bonds. The zero-order valence-electron chi connectivity index (χ0n) is 13.9. The van der Waals surface area contributed by atoms with Crippen molar-refractivity contribution < 1.29 is 19.4 Å². The van der Waals surface area contributed by atoms with Gasteiger partial charge in [0.15, 0.2) is 5.60 Å². The van der Waals surface area contributed by atoms with E-state index in [2.05, 4.69) is 0 Å². The third kappa shape index (κ3) is 4.01. The predicted octanol–water partition coefficient (Wildman–Crippen LogP) is 1.03. The van der Waals surface area contributed by atoms with Crippen molar-refractivity contribution in [3.63, 3.8) is 0 Å². The number of likely N-dealkylation sites (N-methyl/N-ethyl adjacent to an activating group) is 1. The summed E-state index contributed by atoms with van der Waals surface area (Å²) in [4.78, 5) is 27.2. The Labute approximate surface area is 136 Å². The monoisotopic (exact) mass is 320 g/mol. The van der Waals surface area contributed by atoms with Gasteiger partial charge in [-0.3, -0.25) is 9.59 Å². The Bertz CT molecular complexity index is 572. The van der Waals surface area contributed by atoms with Crippen LogP contribution < -0.4 is 4.74 Å². The maximum absolute atomic E-state index is 12.6. The number of carbonyl (C=O) groups is 2. The Balaban J connectivity index is 2.04. The maximum atomic E-state index is 12.6. The third-order valence-corrected chi connectivity index (χ3v) is 4.24. The summed E-state index contributed by atoms with van der Waals surface area (Å²) in [5, 5.41) is 10.7. The molecule has 2 rings (SSSR count). The number of carbonyl (C=O) groups excluding carboxylic acids is 2. The summed E-state index contributed by atoms with van der Waals surface area (Å²) in [5.74, 6) is 0.290. The van der Waals surface area contributed by atoms with Crippen LogP contribution in [-0.2, 0) is 16.1 Å². The van der Waals surface area contributed by atoms with Gasteiger partial charge in [-0.15, -0.1) is 0 Å². The van der Waals surface area contributed by atoms with E-state index in [4.69, 9.17) is 4.74 Å². The molecule has 1 aliphatic heterocycles. The van der Waals surface area contributed by atoms with E-state index < -0.39 is 5.60 Å². The van der Waals surface area contributed by atoms with Crippen molar-refractivity contribution in [2.75, 3.05) is 27.2 Å². The van der Waals surface area contributed by atoms with Gasteiger partial charge in [0, 0.05) is 27.1 Å². The number of hydrogen-bond acceptors (Lipinski definition) is 4. The molecule has 0 bridgehead atoms. The Kier molecular flexibility index (Phi) is 5.26. The number of nitrogens with zero attached hydrogens (tertiary/aromatic N) is 2. The average Bonchev–Trinajstić information content (AvgIpc) is 2.54. The highest BCUT2D eigenvalue weighted by Gasteiger charge is 2.42. The predicted molar refractivity (Wildman–Crippen MR) is 85.9 cm³/mol. The number of benzene rings is 1. The first kappa shape index (κ1) is 17.3. The summed E-state index contributed by atoms with van der Waals surface area (Å²) < 4.78 is 5.11. The zero-order chi connectivity index (χ0) is 17.0. The van der Waals surface area contributed by atoms with Crippen LogP contribution in [0.5, 0.6) is 5.75 Å². The Morgan fingerprint density at radius 2 is 2.00 bits per heavy atom. The fourth-order valence-corrected chi connectivity index (χ4v) is 2.91. The van der Waals surface area contributed by atoms with E-state index in [-0.39, 0.29) is 18.4 Å². The lowest BCUT2D eigenvalue weighted by Gasteiger charge is -2.39. The number of methoxy groups -OCH3 is 1. The summed E-state index contributed by atoms with van der Waals surface area (Å²) in [6, 6.07) is 7.44. The first-order chi connectivity index (χ1) is 10.9. The number of hydrogen-bond donors (Lipinski definition) is 1. The number of β-amino-alcohol motifs (C(OH)–C–C–N with tert-alkyl or cyclic N) is 1. The fourth-order valence-electron chi connectivity index (χ4n) is 2.91. The lowest BCUT2D eigenvalue weighted by Crippen LogP contribution is -2.58. The first-order valence-corrected chi connectivity index (χ1v) is 7.72. The van der Waals surface area contributed by atoms with Crippen molar-refractivity contribution in [2.24, 2.45) is 0 Å². The van der Waals surface area contributed by atoms with E-state index in [1.165, 1.54) is 16.7 Å². The van der Waals surface area contributed by atoms with Gasteiger partial charge in [0.05, 0.1) is 13.7 Å². The second kappa shape index (κ2) is 7.00. The molecule has 0 radical (unpaired) electrons. The molecule has 1 atom stereocenters. The molecule has 1 aromatic rings. The normalized spacial score (nSPS) is 21.0. The van der Waals surface area contributed by atoms with Gasteiger partial charge in [0.2, 0.25) is 5.91 Å². The largest absolute Gasteiger partial charge is 0.497 e. The van der Waals surface area contributed by atoms with Crippen LogP contribution in [0.1, 0.15) is 25.3 Å². The number of aliphatic hydroxyl groups is 1. The molecule has 1 saturated heterocycles. The molecule has 0 unspecified atom stereocenters. The van der Waals surface area contributed by atoms with E-state index in [0.29, 0.717) is 25.9 Å². The topological polar surface area (TPSA) is 70.1 Å². The number of piperidine rings is 1. The smallest absolute Gasteiger partial charge is 0.256 e. The molecule has 1 N–H and O–H groups in total. The Hall–Kier alpha value is -2.08. The van der Waals surface area contributed by atoms with Crippen molar-refractivity contribution in [1.82, 2.24) is 9.80 Å². The van der Waals surface area contributed by atoms with Gasteiger partial charge in [-0.25, -0.2) is 0 Å². The standard InChI is InChI=1S/C17H24N2O4/c1-13(20)19-10-4-9-17(22,12-19)16(21)18(2)11-14-5-7-15(23-3)8-6-14/h5-8,22H,4,9-12H2,1-3H3/t17-/m0/s1. The molecule has 0 aromatic heterocycles. The molecule has 0 saturated carbocycles. The number of rotatable bonds is 4. The molecule has 126 valence electrons. The molecule has 0 spiro atoms. The van der Waals surface area contributed by atoms with Crippen LogP contribution in [0.4, 0.5) is 0 Å². The molecule has 0 aliphatic carbocycles. The van der Waals surface area contributed by atoms with Gasteiger partial charge < -0.3 is 19.6 Å². The fraction of sp³-hybridized carbons (Fsp3) is 0.529. The minimum absolute atomic E-state index is 0.0636. The first-order valence-electron chi connectivity index (χ1n) is 7.72. The zero-order valence-corrected chi connectivity index (χ0v) is 13.9. The summed E-state index contributed by atoms with van der Waals surface area (Å²) >= 11 is 0. The quantitative estimate of drug-likeness (QED) is 0.899. The van der Waals surface area contributed by atoms with Gasteiger partial charge in [-0.1, -0.05) is 12.1 Å². The third-order valence-electron chi connectivity index (χ3n) is 4.24. The number of amides is 2. The molecule has 1 heterocycles. The Morgan fingerprint density at radius 1 is 1.35 bits per heavy atom. The van der Waals surface area contributed by atoms with E-state index in [9.17, 15) is 14.7 Å². The van der Waals surface area contributed by atoms with Crippen molar-refractivity contribution in [1.29, 1.82) is 0 Å². The van der Waals surface area contributed by atoms with Crippen LogP contribution in [-0.4, -0.2) is 59.6 Å². The van der Waals surface area contributed by atoms with Crippen LogP contribution in [0, 0.1) is 0 Å². The van der Waals surface area contributed by atoms with Gasteiger partial charge in [-0.2, -0.15) is 0 Å². The molecule has 23 heavy (non-hydrogen) atoms. The number of ether oxygens (including phenoxy) is 1. The van der Waals surface area contributed by atoms with Crippen molar-refractivity contribution in [3.05, 3.63) is 29.8 Å². The lowest BCUT2D eigenvalue weighted by molar-refractivity contribution is -0.159. The van der Waals surface area contributed by atoms with E-state index in [1.54, 1.807) is 14.2 Å². The van der Waals surface area contributed by atoms with Crippen LogP contribution >= 0.6 is 0 Å².